The van der Waals surface area contributed by atoms with Gasteiger partial charge in [0.05, 0.1) is 12.8 Å². The lowest BCUT2D eigenvalue weighted by Crippen LogP contribution is -2.54. The lowest BCUT2D eigenvalue weighted by molar-refractivity contribution is -0.122. The SMILES string of the molecule is CCc1ccc(N2C(=O)/C(=C/c3ccc(OCc4ccccc4F)c(OC)c3)C(=O)NC2=S)cc1. The molecule has 1 saturated heterocycles. The Bertz CT molecular complexity index is 1320. The fourth-order valence-corrected chi connectivity index (χ4v) is 3.88. The molecule has 0 bridgehead atoms. The van der Waals surface area contributed by atoms with Crippen molar-refractivity contribution in [2.24, 2.45) is 0 Å². The third kappa shape index (κ3) is 5.22. The maximum absolute atomic E-state index is 13.9. The number of methoxy groups -OCH3 is 1. The van der Waals surface area contributed by atoms with Crippen LogP contribution in [0.5, 0.6) is 11.5 Å². The minimum Gasteiger partial charge on any atom is -0.493 e. The summed E-state index contributed by atoms with van der Waals surface area (Å²) in [5, 5.41) is 2.60. The maximum atomic E-state index is 13.9. The zero-order valence-corrected chi connectivity index (χ0v) is 20.0. The largest absolute Gasteiger partial charge is 0.493 e. The van der Waals surface area contributed by atoms with E-state index in [4.69, 9.17) is 21.7 Å². The number of nitrogens with one attached hydrogen (secondary N) is 1. The Hall–Kier alpha value is -4.04. The number of ether oxygens (including phenoxy) is 2. The molecule has 0 atom stereocenters. The summed E-state index contributed by atoms with van der Waals surface area (Å²) in [5.74, 6) is -0.693. The molecule has 6 nitrogen and oxygen atoms in total. The number of anilines is 1. The van der Waals surface area contributed by atoms with E-state index < -0.39 is 11.8 Å². The highest BCUT2D eigenvalue weighted by molar-refractivity contribution is 7.80. The van der Waals surface area contributed by atoms with Crippen LogP contribution >= 0.6 is 12.2 Å². The van der Waals surface area contributed by atoms with Crippen LogP contribution in [0.3, 0.4) is 0 Å². The van der Waals surface area contributed by atoms with E-state index in [1.807, 2.05) is 19.1 Å². The first kappa shape index (κ1) is 24.1. The van der Waals surface area contributed by atoms with Gasteiger partial charge in [-0.2, -0.15) is 0 Å². The average molecular weight is 491 g/mol. The van der Waals surface area contributed by atoms with Crippen molar-refractivity contribution in [3.8, 4) is 11.5 Å². The first-order chi connectivity index (χ1) is 16.9. The molecular weight excluding hydrogens is 467 g/mol. The van der Waals surface area contributed by atoms with Crippen LogP contribution in [0.25, 0.3) is 6.08 Å². The van der Waals surface area contributed by atoms with Crippen molar-refractivity contribution in [1.29, 1.82) is 0 Å². The van der Waals surface area contributed by atoms with E-state index in [-0.39, 0.29) is 23.1 Å². The Labute approximate surface area is 208 Å². The lowest BCUT2D eigenvalue weighted by atomic mass is 10.1. The number of benzene rings is 3. The van der Waals surface area contributed by atoms with Crippen LogP contribution in [0, 0.1) is 5.82 Å². The zero-order chi connectivity index (χ0) is 24.9. The minimum absolute atomic E-state index is 0.0214. The van der Waals surface area contributed by atoms with Gasteiger partial charge in [0, 0.05) is 5.56 Å². The number of nitrogens with zero attached hydrogens (tertiary/aromatic N) is 1. The third-order valence-corrected chi connectivity index (χ3v) is 5.83. The number of hydrogen-bond acceptors (Lipinski definition) is 5. The molecule has 35 heavy (non-hydrogen) atoms. The molecule has 0 aromatic heterocycles. The molecule has 1 aliphatic rings. The van der Waals surface area contributed by atoms with Crippen molar-refractivity contribution in [1.82, 2.24) is 5.32 Å². The van der Waals surface area contributed by atoms with Crippen LogP contribution in [-0.2, 0) is 22.6 Å². The predicted molar refractivity (Wildman–Crippen MR) is 136 cm³/mol. The lowest BCUT2D eigenvalue weighted by Gasteiger charge is -2.29. The molecule has 0 saturated carbocycles. The van der Waals surface area contributed by atoms with E-state index in [1.165, 1.54) is 24.2 Å². The van der Waals surface area contributed by atoms with Crippen molar-refractivity contribution in [2.45, 2.75) is 20.0 Å². The van der Waals surface area contributed by atoms with Crippen molar-refractivity contribution in [3.63, 3.8) is 0 Å². The van der Waals surface area contributed by atoms with E-state index in [0.29, 0.717) is 28.3 Å². The van der Waals surface area contributed by atoms with Crippen LogP contribution < -0.4 is 19.7 Å². The average Bonchev–Trinajstić information content (AvgIpc) is 2.86. The van der Waals surface area contributed by atoms with E-state index in [1.54, 1.807) is 48.5 Å². The van der Waals surface area contributed by atoms with Gasteiger partial charge in [0.15, 0.2) is 16.6 Å². The first-order valence-corrected chi connectivity index (χ1v) is 11.4. The smallest absolute Gasteiger partial charge is 0.270 e. The van der Waals surface area contributed by atoms with Gasteiger partial charge < -0.3 is 9.47 Å². The number of thiocarbonyl (C=S) groups is 1. The quantitative estimate of drug-likeness (QED) is 0.293. The molecule has 3 aromatic carbocycles. The van der Waals surface area contributed by atoms with Gasteiger partial charge in [-0.3, -0.25) is 19.8 Å². The van der Waals surface area contributed by atoms with Crippen LogP contribution in [0.15, 0.2) is 72.3 Å². The summed E-state index contributed by atoms with van der Waals surface area (Å²) in [5.41, 5.74) is 2.58. The van der Waals surface area contributed by atoms with Crippen molar-refractivity contribution in [2.75, 3.05) is 12.0 Å². The molecule has 0 radical (unpaired) electrons. The van der Waals surface area contributed by atoms with Crippen LogP contribution in [0.1, 0.15) is 23.6 Å². The molecular formula is C27H23FN2O4S. The standard InChI is InChI=1S/C27H23FN2O4S/c1-3-17-8-11-20(12-9-17)30-26(32)21(25(31)29-27(30)35)14-18-10-13-23(24(15-18)33-2)34-16-19-6-4-5-7-22(19)28/h4-15H,3,16H2,1-2H3,(H,29,31,35)/b21-14+. The van der Waals surface area contributed by atoms with Gasteiger partial charge in [-0.05, 0) is 66.2 Å². The van der Waals surface area contributed by atoms with Gasteiger partial charge in [0.2, 0.25) is 0 Å². The fourth-order valence-electron chi connectivity index (χ4n) is 3.60. The molecule has 1 heterocycles. The van der Waals surface area contributed by atoms with Gasteiger partial charge in [0.1, 0.15) is 18.0 Å². The van der Waals surface area contributed by atoms with E-state index in [0.717, 1.165) is 12.0 Å². The first-order valence-electron chi connectivity index (χ1n) is 11.0. The second-order valence-electron chi connectivity index (χ2n) is 7.77. The van der Waals surface area contributed by atoms with Crippen LogP contribution in [0.4, 0.5) is 10.1 Å². The van der Waals surface area contributed by atoms with E-state index in [2.05, 4.69) is 5.32 Å². The van der Waals surface area contributed by atoms with Gasteiger partial charge in [0.25, 0.3) is 11.8 Å². The Kier molecular flexibility index (Phi) is 7.22. The molecule has 1 N–H and O–H groups in total. The predicted octanol–water partition coefficient (Wildman–Crippen LogP) is 4.81. The Morgan fingerprint density at radius 2 is 1.77 bits per heavy atom. The Balaban J connectivity index is 1.59. The molecule has 8 heteroatoms. The zero-order valence-electron chi connectivity index (χ0n) is 19.2. The van der Waals surface area contributed by atoms with E-state index >= 15 is 0 Å². The number of rotatable bonds is 7. The third-order valence-electron chi connectivity index (χ3n) is 5.54. The van der Waals surface area contributed by atoms with Crippen molar-refractivity contribution >= 4 is 40.9 Å². The van der Waals surface area contributed by atoms with Gasteiger partial charge in [-0.1, -0.05) is 43.3 Å². The number of hydrogen-bond donors (Lipinski definition) is 1. The minimum atomic E-state index is -0.583. The summed E-state index contributed by atoms with van der Waals surface area (Å²) in [7, 11) is 1.47. The van der Waals surface area contributed by atoms with Crippen LogP contribution in [0.2, 0.25) is 0 Å². The highest BCUT2D eigenvalue weighted by atomic mass is 32.1. The summed E-state index contributed by atoms with van der Waals surface area (Å²) in [6, 6.07) is 18.7. The summed E-state index contributed by atoms with van der Waals surface area (Å²) in [6.45, 7) is 2.06. The molecule has 3 aromatic rings. The number of halogens is 1. The highest BCUT2D eigenvalue weighted by Crippen LogP contribution is 2.31. The second-order valence-corrected chi connectivity index (χ2v) is 8.15. The fraction of sp³-hybridized carbons (Fsp3) is 0.148. The second kappa shape index (κ2) is 10.5. The molecule has 0 aliphatic carbocycles. The summed E-state index contributed by atoms with van der Waals surface area (Å²) < 4.78 is 25.0. The Morgan fingerprint density at radius 1 is 1.03 bits per heavy atom. The number of aryl methyl sites for hydroxylation is 1. The topological polar surface area (TPSA) is 67.9 Å². The monoisotopic (exact) mass is 490 g/mol. The number of carbonyl (C=O) groups is 2. The highest BCUT2D eigenvalue weighted by Gasteiger charge is 2.34. The summed E-state index contributed by atoms with van der Waals surface area (Å²) >= 11 is 5.26. The molecule has 0 spiro atoms. The molecule has 2 amide bonds. The van der Waals surface area contributed by atoms with Gasteiger partial charge in [-0.25, -0.2) is 4.39 Å². The number of amides is 2. The Morgan fingerprint density at radius 3 is 2.46 bits per heavy atom. The van der Waals surface area contributed by atoms with Crippen molar-refractivity contribution in [3.05, 3.63) is 94.8 Å². The van der Waals surface area contributed by atoms with E-state index in [9.17, 15) is 14.0 Å². The molecule has 1 aliphatic heterocycles. The van der Waals surface area contributed by atoms with Gasteiger partial charge in [-0.15, -0.1) is 0 Å². The summed E-state index contributed by atoms with van der Waals surface area (Å²) in [4.78, 5) is 27.1. The molecule has 4 rings (SSSR count). The maximum Gasteiger partial charge on any atom is 0.270 e. The molecule has 1 fully saturated rings. The van der Waals surface area contributed by atoms with Crippen molar-refractivity contribution < 1.29 is 23.5 Å². The van der Waals surface area contributed by atoms with Gasteiger partial charge >= 0.3 is 0 Å². The van der Waals surface area contributed by atoms with Crippen LogP contribution in [-0.4, -0.2) is 24.0 Å². The summed E-state index contributed by atoms with van der Waals surface area (Å²) in [6.07, 6.45) is 2.33. The molecule has 178 valence electrons. The molecule has 0 unspecified atom stereocenters. The number of carbonyl (C=O) groups excluding carboxylic acids is 2. The normalized spacial score (nSPS) is 14.8.